The van der Waals surface area contributed by atoms with Gasteiger partial charge in [0.05, 0.1) is 16.8 Å². The third-order valence-corrected chi connectivity index (χ3v) is 3.40. The number of piperazine rings is 1. The number of amides is 1. The first-order chi connectivity index (χ1) is 8.26. The summed E-state index contributed by atoms with van der Waals surface area (Å²) in [7, 11) is 0. The summed E-state index contributed by atoms with van der Waals surface area (Å²) >= 11 is 0. The summed E-state index contributed by atoms with van der Waals surface area (Å²) in [5.41, 5.74) is -0.769. The van der Waals surface area contributed by atoms with Gasteiger partial charge in [-0.05, 0) is 39.8 Å². The zero-order chi connectivity index (χ0) is 13.6. The average Bonchev–Trinajstić information content (AvgIpc) is 2.28. The molecule has 1 aromatic carbocycles. The summed E-state index contributed by atoms with van der Waals surface area (Å²) in [5, 5.41) is 3.20. The predicted molar refractivity (Wildman–Crippen MR) is 70.0 cm³/mol. The smallest absolute Gasteiger partial charge is 0.247 e. The molecule has 1 aromatic rings. The van der Waals surface area contributed by atoms with E-state index in [0.29, 0.717) is 12.2 Å². The summed E-state index contributed by atoms with van der Waals surface area (Å²) in [5.74, 6) is -0.472. The molecular weight excluding hydrogens is 231 g/mol. The Balaban J connectivity index is 2.51. The van der Waals surface area contributed by atoms with E-state index in [1.54, 1.807) is 23.1 Å². The van der Waals surface area contributed by atoms with Crippen LogP contribution in [-0.4, -0.2) is 23.5 Å². The lowest BCUT2D eigenvalue weighted by molar-refractivity contribution is -0.126. The van der Waals surface area contributed by atoms with Gasteiger partial charge in [0, 0.05) is 6.54 Å². The second kappa shape index (κ2) is 4.05. The Hall–Kier alpha value is -1.42. The molecule has 1 N–H and O–H groups in total. The van der Waals surface area contributed by atoms with Gasteiger partial charge in [-0.3, -0.25) is 4.79 Å². The summed E-state index contributed by atoms with van der Waals surface area (Å²) < 4.78 is 13.9. The Bertz CT molecular complexity index is 482. The van der Waals surface area contributed by atoms with Crippen LogP contribution in [0.1, 0.15) is 27.7 Å². The maximum Gasteiger partial charge on any atom is 0.247 e. The summed E-state index contributed by atoms with van der Waals surface area (Å²) in [6, 6.07) is 6.41. The molecule has 3 nitrogen and oxygen atoms in total. The van der Waals surface area contributed by atoms with E-state index in [0.717, 1.165) is 0 Å². The van der Waals surface area contributed by atoms with Crippen LogP contribution < -0.4 is 10.2 Å². The highest BCUT2D eigenvalue weighted by molar-refractivity contribution is 6.01. The van der Waals surface area contributed by atoms with E-state index in [2.05, 4.69) is 5.32 Å². The van der Waals surface area contributed by atoms with Crippen LogP contribution >= 0.6 is 0 Å². The minimum Gasteiger partial charge on any atom is -0.301 e. The third kappa shape index (κ3) is 2.01. The first-order valence-electron chi connectivity index (χ1n) is 6.10. The van der Waals surface area contributed by atoms with Crippen molar-refractivity contribution in [1.29, 1.82) is 0 Å². The summed E-state index contributed by atoms with van der Waals surface area (Å²) in [6.07, 6.45) is 0. The molecule has 1 heterocycles. The molecule has 4 heteroatoms. The molecule has 1 aliphatic rings. The molecule has 0 spiro atoms. The molecule has 0 aliphatic carbocycles. The van der Waals surface area contributed by atoms with Crippen LogP contribution in [0.4, 0.5) is 10.1 Å². The summed E-state index contributed by atoms with van der Waals surface area (Å²) in [6.45, 7) is 8.12. The largest absolute Gasteiger partial charge is 0.301 e. The Morgan fingerprint density at radius 2 is 1.83 bits per heavy atom. The molecule has 0 saturated carbocycles. The van der Waals surface area contributed by atoms with Crippen molar-refractivity contribution >= 4 is 11.6 Å². The fraction of sp³-hybridized carbons (Fsp3) is 0.500. The third-order valence-electron chi connectivity index (χ3n) is 3.40. The zero-order valence-electron chi connectivity index (χ0n) is 11.2. The molecule has 1 saturated heterocycles. The van der Waals surface area contributed by atoms with Crippen molar-refractivity contribution in [3.05, 3.63) is 30.1 Å². The van der Waals surface area contributed by atoms with E-state index >= 15 is 0 Å². The standard InChI is InChI=1S/C14H19FN2O/c1-13(2)9-16-14(3,4)12(18)17(13)11-8-6-5-7-10(11)15/h5-8,16H,9H2,1-4H3. The van der Waals surface area contributed by atoms with E-state index < -0.39 is 11.1 Å². The van der Waals surface area contributed by atoms with Gasteiger partial charge in [-0.15, -0.1) is 0 Å². The first kappa shape index (κ1) is 13.0. The van der Waals surface area contributed by atoms with Gasteiger partial charge in [0.2, 0.25) is 5.91 Å². The number of benzene rings is 1. The number of carbonyl (C=O) groups excluding carboxylic acids is 1. The Morgan fingerprint density at radius 1 is 1.22 bits per heavy atom. The number of halogens is 1. The Morgan fingerprint density at radius 3 is 2.44 bits per heavy atom. The molecular formula is C14H19FN2O. The van der Waals surface area contributed by atoms with Crippen LogP contribution in [0.3, 0.4) is 0 Å². The van der Waals surface area contributed by atoms with Gasteiger partial charge in [-0.2, -0.15) is 0 Å². The molecule has 0 radical (unpaired) electrons. The van der Waals surface area contributed by atoms with E-state index in [-0.39, 0.29) is 11.7 Å². The molecule has 18 heavy (non-hydrogen) atoms. The summed E-state index contributed by atoms with van der Waals surface area (Å²) in [4.78, 5) is 14.1. The lowest BCUT2D eigenvalue weighted by atomic mass is 9.90. The minimum atomic E-state index is -0.669. The second-order valence-electron chi connectivity index (χ2n) is 5.88. The van der Waals surface area contributed by atoms with Crippen molar-refractivity contribution in [2.75, 3.05) is 11.4 Å². The van der Waals surface area contributed by atoms with E-state index in [9.17, 15) is 9.18 Å². The molecule has 0 atom stereocenters. The molecule has 1 aliphatic heterocycles. The number of rotatable bonds is 1. The number of nitrogens with one attached hydrogen (secondary N) is 1. The zero-order valence-corrected chi connectivity index (χ0v) is 11.2. The monoisotopic (exact) mass is 250 g/mol. The highest BCUT2D eigenvalue weighted by Crippen LogP contribution is 2.32. The quantitative estimate of drug-likeness (QED) is 0.829. The van der Waals surface area contributed by atoms with Crippen LogP contribution in [-0.2, 0) is 4.79 Å². The molecule has 98 valence electrons. The van der Waals surface area contributed by atoms with Crippen LogP contribution in [0.25, 0.3) is 0 Å². The van der Waals surface area contributed by atoms with E-state index in [1.165, 1.54) is 6.07 Å². The number of para-hydroxylation sites is 1. The van der Waals surface area contributed by atoms with Crippen molar-refractivity contribution in [2.45, 2.75) is 38.8 Å². The van der Waals surface area contributed by atoms with Crippen molar-refractivity contribution in [2.24, 2.45) is 0 Å². The van der Waals surface area contributed by atoms with Crippen molar-refractivity contribution in [3.8, 4) is 0 Å². The molecule has 1 amide bonds. The SMILES string of the molecule is CC1(C)NCC(C)(C)N(c2ccccc2F)C1=O. The second-order valence-corrected chi connectivity index (χ2v) is 5.88. The van der Waals surface area contributed by atoms with Gasteiger partial charge in [0.25, 0.3) is 0 Å². The normalized spacial score (nSPS) is 22.1. The fourth-order valence-corrected chi connectivity index (χ4v) is 2.21. The van der Waals surface area contributed by atoms with Crippen LogP contribution in [0, 0.1) is 5.82 Å². The van der Waals surface area contributed by atoms with E-state index in [4.69, 9.17) is 0 Å². The molecule has 0 unspecified atom stereocenters. The highest BCUT2D eigenvalue weighted by Gasteiger charge is 2.45. The Kier molecular flexibility index (Phi) is 2.93. The van der Waals surface area contributed by atoms with Crippen LogP contribution in [0.2, 0.25) is 0 Å². The number of hydrogen-bond acceptors (Lipinski definition) is 2. The van der Waals surface area contributed by atoms with Gasteiger partial charge in [-0.25, -0.2) is 4.39 Å². The minimum absolute atomic E-state index is 0.108. The number of anilines is 1. The van der Waals surface area contributed by atoms with Gasteiger partial charge in [0.1, 0.15) is 5.82 Å². The van der Waals surface area contributed by atoms with Gasteiger partial charge in [-0.1, -0.05) is 12.1 Å². The molecule has 0 bridgehead atoms. The fourth-order valence-electron chi connectivity index (χ4n) is 2.21. The molecule has 2 rings (SSSR count). The number of nitrogens with zero attached hydrogens (tertiary/aromatic N) is 1. The topological polar surface area (TPSA) is 32.3 Å². The van der Waals surface area contributed by atoms with Crippen molar-refractivity contribution < 1.29 is 9.18 Å². The maximum absolute atomic E-state index is 13.9. The maximum atomic E-state index is 13.9. The predicted octanol–water partition coefficient (Wildman–Crippen LogP) is 2.32. The first-order valence-corrected chi connectivity index (χ1v) is 6.10. The molecule has 1 fully saturated rings. The van der Waals surface area contributed by atoms with Crippen molar-refractivity contribution in [1.82, 2.24) is 5.32 Å². The average molecular weight is 250 g/mol. The van der Waals surface area contributed by atoms with Gasteiger partial charge >= 0.3 is 0 Å². The lowest BCUT2D eigenvalue weighted by Crippen LogP contribution is -2.70. The Labute approximate surface area is 107 Å². The molecule has 0 aromatic heterocycles. The van der Waals surface area contributed by atoms with Gasteiger partial charge in [0.15, 0.2) is 0 Å². The van der Waals surface area contributed by atoms with Crippen LogP contribution in [0.15, 0.2) is 24.3 Å². The number of hydrogen-bond donors (Lipinski definition) is 1. The lowest BCUT2D eigenvalue weighted by Gasteiger charge is -2.48. The van der Waals surface area contributed by atoms with Gasteiger partial charge < -0.3 is 10.2 Å². The van der Waals surface area contributed by atoms with Crippen molar-refractivity contribution in [3.63, 3.8) is 0 Å². The number of carbonyl (C=O) groups is 1. The van der Waals surface area contributed by atoms with E-state index in [1.807, 2.05) is 27.7 Å². The highest BCUT2D eigenvalue weighted by atomic mass is 19.1. The van der Waals surface area contributed by atoms with Crippen LogP contribution in [0.5, 0.6) is 0 Å².